The molecule has 1 amide bonds. The first-order chi connectivity index (χ1) is 10.4. The molecular weight excluding hydrogens is 415 g/mol. The Labute approximate surface area is 148 Å². The van der Waals surface area contributed by atoms with Crippen molar-refractivity contribution < 1.29 is 14.3 Å². The first-order valence-corrected chi connectivity index (χ1v) is 8.31. The minimum atomic E-state index is -0.533. The molecule has 0 unspecified atom stereocenters. The number of halogens is 3. The summed E-state index contributed by atoms with van der Waals surface area (Å²) < 4.78 is 5.69. The van der Waals surface area contributed by atoms with Gasteiger partial charge in [0.15, 0.2) is 11.7 Å². The molecule has 0 saturated carbocycles. The van der Waals surface area contributed by atoms with Crippen molar-refractivity contribution in [3.05, 3.63) is 43.8 Å². The number of nitrogens with zero attached hydrogens (tertiary/aromatic N) is 1. The van der Waals surface area contributed by atoms with Crippen LogP contribution in [0.2, 0.25) is 10.0 Å². The second-order valence-electron chi connectivity index (χ2n) is 4.10. The smallest absolute Gasteiger partial charge is 0.310 e. The zero-order valence-corrected chi connectivity index (χ0v) is 14.9. The Morgan fingerprint density at radius 1 is 1.32 bits per heavy atom. The summed E-state index contributed by atoms with van der Waals surface area (Å²) in [5.41, 5.74) is 0.656. The quantitative estimate of drug-likeness (QED) is 0.739. The highest BCUT2D eigenvalue weighted by molar-refractivity contribution is 9.11. The van der Waals surface area contributed by atoms with Crippen LogP contribution in [-0.4, -0.2) is 23.5 Å². The molecule has 0 bridgehead atoms. The molecule has 0 aliphatic rings. The number of nitrogens with one attached hydrogen (secondary N) is 1. The highest BCUT2D eigenvalue weighted by atomic mass is 79.9. The van der Waals surface area contributed by atoms with Crippen molar-refractivity contribution in [2.75, 3.05) is 11.9 Å². The molecule has 0 radical (unpaired) electrons. The highest BCUT2D eigenvalue weighted by Crippen LogP contribution is 2.23. The van der Waals surface area contributed by atoms with Gasteiger partial charge in [0.25, 0.3) is 5.91 Å². The maximum Gasteiger partial charge on any atom is 0.310 e. The van der Waals surface area contributed by atoms with Crippen molar-refractivity contribution in [2.45, 2.75) is 6.42 Å². The van der Waals surface area contributed by atoms with Gasteiger partial charge in [-0.3, -0.25) is 14.9 Å². The summed E-state index contributed by atoms with van der Waals surface area (Å²) in [6.45, 7) is -0.378. The molecule has 5 nitrogen and oxygen atoms in total. The van der Waals surface area contributed by atoms with Gasteiger partial charge in [0.2, 0.25) is 0 Å². The van der Waals surface area contributed by atoms with Crippen LogP contribution in [0.3, 0.4) is 0 Å². The maximum atomic E-state index is 11.7. The van der Waals surface area contributed by atoms with Gasteiger partial charge in [0, 0.05) is 0 Å². The van der Waals surface area contributed by atoms with Gasteiger partial charge in [-0.05, 0) is 33.6 Å². The molecule has 2 aromatic rings. The second kappa shape index (κ2) is 7.92. The van der Waals surface area contributed by atoms with Gasteiger partial charge in [0.1, 0.15) is 0 Å². The summed E-state index contributed by atoms with van der Waals surface area (Å²) in [5.74, 6) is -0.988. The normalized spacial score (nSPS) is 10.3. The molecule has 22 heavy (non-hydrogen) atoms. The molecule has 0 saturated heterocycles. The van der Waals surface area contributed by atoms with Gasteiger partial charge in [-0.1, -0.05) is 40.6 Å². The molecule has 1 aromatic heterocycles. The molecule has 1 N–H and O–H groups in total. The Bertz CT molecular complexity index is 708. The number of thiazole rings is 1. The van der Waals surface area contributed by atoms with E-state index in [1.165, 1.54) is 11.3 Å². The number of hydrogen-bond donors (Lipinski definition) is 1. The van der Waals surface area contributed by atoms with E-state index in [4.69, 9.17) is 27.9 Å². The van der Waals surface area contributed by atoms with Crippen LogP contribution in [0.1, 0.15) is 5.56 Å². The van der Waals surface area contributed by atoms with Crippen LogP contribution in [0.4, 0.5) is 5.13 Å². The molecule has 9 heteroatoms. The number of esters is 1. The Morgan fingerprint density at radius 3 is 2.73 bits per heavy atom. The standard InChI is InChI=1S/C13H9BrCl2N2O3S/c14-10-5-17-13(22-10)18-11(19)6-21-12(20)4-7-1-2-8(15)9(16)3-7/h1-3,5H,4,6H2,(H,17,18,19). The zero-order valence-electron chi connectivity index (χ0n) is 10.9. The number of amides is 1. The van der Waals surface area contributed by atoms with Gasteiger partial charge >= 0.3 is 5.97 Å². The van der Waals surface area contributed by atoms with Crippen LogP contribution >= 0.6 is 50.5 Å². The fourth-order valence-electron chi connectivity index (χ4n) is 1.48. The van der Waals surface area contributed by atoms with E-state index in [-0.39, 0.29) is 13.0 Å². The van der Waals surface area contributed by atoms with E-state index in [2.05, 4.69) is 26.2 Å². The predicted molar refractivity (Wildman–Crippen MR) is 89.6 cm³/mol. The molecule has 116 valence electrons. The lowest BCUT2D eigenvalue weighted by atomic mass is 10.1. The van der Waals surface area contributed by atoms with Crippen molar-refractivity contribution in [1.29, 1.82) is 0 Å². The van der Waals surface area contributed by atoms with Crippen LogP contribution in [0.5, 0.6) is 0 Å². The van der Waals surface area contributed by atoms with Crippen molar-refractivity contribution in [3.63, 3.8) is 0 Å². The largest absolute Gasteiger partial charge is 0.455 e. The van der Waals surface area contributed by atoms with Crippen LogP contribution in [0, 0.1) is 0 Å². The second-order valence-corrected chi connectivity index (χ2v) is 7.33. The van der Waals surface area contributed by atoms with Gasteiger partial charge in [-0.15, -0.1) is 0 Å². The summed E-state index contributed by atoms with van der Waals surface area (Å²) in [6, 6.07) is 4.85. The summed E-state index contributed by atoms with van der Waals surface area (Å²) in [5, 5.41) is 3.72. The van der Waals surface area contributed by atoms with E-state index >= 15 is 0 Å². The topological polar surface area (TPSA) is 68.3 Å². The molecule has 0 atom stereocenters. The molecule has 2 rings (SSSR count). The Balaban J connectivity index is 1.79. The van der Waals surface area contributed by atoms with E-state index in [9.17, 15) is 9.59 Å². The first-order valence-electron chi connectivity index (χ1n) is 5.95. The lowest BCUT2D eigenvalue weighted by Gasteiger charge is -2.05. The van der Waals surface area contributed by atoms with Gasteiger partial charge in [-0.2, -0.15) is 0 Å². The van der Waals surface area contributed by atoms with E-state index in [1.54, 1.807) is 24.4 Å². The lowest BCUT2D eigenvalue weighted by molar-refractivity contribution is -0.146. The fourth-order valence-corrected chi connectivity index (χ4v) is 2.92. The maximum absolute atomic E-state index is 11.7. The summed E-state index contributed by atoms with van der Waals surface area (Å²) in [6.07, 6.45) is 1.57. The lowest BCUT2D eigenvalue weighted by Crippen LogP contribution is -2.21. The van der Waals surface area contributed by atoms with Crippen LogP contribution in [0.15, 0.2) is 28.2 Å². The zero-order chi connectivity index (χ0) is 16.1. The summed E-state index contributed by atoms with van der Waals surface area (Å²) in [7, 11) is 0. The Hall–Kier alpha value is -1.15. The number of aromatic nitrogens is 1. The third kappa shape index (κ3) is 5.24. The molecule has 0 fully saturated rings. The average molecular weight is 424 g/mol. The number of rotatable bonds is 5. The minimum absolute atomic E-state index is 0.00691. The Morgan fingerprint density at radius 2 is 2.09 bits per heavy atom. The van der Waals surface area contributed by atoms with Crippen molar-refractivity contribution in [2.24, 2.45) is 0 Å². The van der Waals surface area contributed by atoms with Crippen molar-refractivity contribution >= 4 is 67.5 Å². The fraction of sp³-hybridized carbons (Fsp3) is 0.154. The van der Waals surface area contributed by atoms with E-state index in [0.717, 1.165) is 3.79 Å². The number of carbonyl (C=O) groups excluding carboxylic acids is 2. The number of hydrogen-bond acceptors (Lipinski definition) is 5. The van der Waals surface area contributed by atoms with E-state index < -0.39 is 11.9 Å². The van der Waals surface area contributed by atoms with E-state index in [0.29, 0.717) is 20.7 Å². The molecule has 0 aliphatic heterocycles. The Kier molecular flexibility index (Phi) is 6.19. The third-order valence-electron chi connectivity index (χ3n) is 2.42. The SMILES string of the molecule is O=C(COC(=O)Cc1ccc(Cl)c(Cl)c1)Nc1ncc(Br)s1. The number of benzene rings is 1. The summed E-state index contributed by atoms with van der Waals surface area (Å²) >= 11 is 16.1. The minimum Gasteiger partial charge on any atom is -0.455 e. The van der Waals surface area contributed by atoms with E-state index in [1.807, 2.05) is 0 Å². The van der Waals surface area contributed by atoms with Gasteiger partial charge in [0.05, 0.1) is 26.4 Å². The third-order valence-corrected chi connectivity index (χ3v) is 4.55. The number of carbonyl (C=O) groups is 2. The molecular formula is C13H9BrCl2N2O3S. The molecule has 1 heterocycles. The van der Waals surface area contributed by atoms with Crippen molar-refractivity contribution in [3.8, 4) is 0 Å². The highest BCUT2D eigenvalue weighted by Gasteiger charge is 2.11. The molecule has 0 spiro atoms. The molecule has 1 aromatic carbocycles. The number of anilines is 1. The van der Waals surface area contributed by atoms with Gasteiger partial charge in [-0.25, -0.2) is 4.98 Å². The van der Waals surface area contributed by atoms with Gasteiger partial charge < -0.3 is 4.74 Å². The van der Waals surface area contributed by atoms with Crippen molar-refractivity contribution in [1.82, 2.24) is 4.98 Å². The van der Waals surface area contributed by atoms with Crippen LogP contribution in [-0.2, 0) is 20.7 Å². The monoisotopic (exact) mass is 422 g/mol. The first kappa shape index (κ1) is 17.2. The average Bonchev–Trinajstić information content (AvgIpc) is 2.86. The van der Waals surface area contributed by atoms with Crippen LogP contribution in [0.25, 0.3) is 0 Å². The van der Waals surface area contributed by atoms with Crippen LogP contribution < -0.4 is 5.32 Å². The number of ether oxygens (including phenoxy) is 1. The molecule has 0 aliphatic carbocycles. The predicted octanol–water partition coefficient (Wildman–Crippen LogP) is 3.94. The summed E-state index contributed by atoms with van der Waals surface area (Å²) in [4.78, 5) is 27.2.